The minimum atomic E-state index is -5.04. The molecule has 332 valence electrons. The van der Waals surface area contributed by atoms with E-state index in [9.17, 15) is 31.5 Å². The molecule has 1 saturated heterocycles. The van der Waals surface area contributed by atoms with Crippen LogP contribution in [0, 0.1) is 17.6 Å². The molecule has 5 aliphatic rings. The lowest BCUT2D eigenvalue weighted by Gasteiger charge is -2.34. The number of carbonyl (C=O) groups is 2. The maximum absolute atomic E-state index is 15.5. The number of carbonyl (C=O) groups excluding carboxylic acids is 2. The Kier molecular flexibility index (Phi) is 8.59. The molecule has 0 bridgehead atoms. The van der Waals surface area contributed by atoms with E-state index in [1.54, 1.807) is 6.07 Å². The number of H-pyrrole nitrogens is 1. The van der Waals surface area contributed by atoms with Crippen LogP contribution in [0.4, 0.5) is 41.8 Å². The van der Waals surface area contributed by atoms with Crippen LogP contribution in [-0.4, -0.2) is 67.7 Å². The van der Waals surface area contributed by atoms with Crippen molar-refractivity contribution in [1.29, 1.82) is 0 Å². The fraction of sp³-hybridized carbons (Fsp3) is 0.333. The van der Waals surface area contributed by atoms with E-state index in [0.29, 0.717) is 63.4 Å². The number of anilines is 2. The van der Waals surface area contributed by atoms with E-state index >= 15 is 8.78 Å². The number of benzene rings is 3. The number of thiazole rings is 1. The Morgan fingerprint density at radius 1 is 0.923 bits per heavy atom. The highest BCUT2D eigenvalue weighted by molar-refractivity contribution is 7.22. The summed E-state index contributed by atoms with van der Waals surface area (Å²) in [5.74, 6) is -8.26. The van der Waals surface area contributed by atoms with E-state index in [1.165, 1.54) is 11.3 Å². The fourth-order valence-electron chi connectivity index (χ4n) is 10.0. The third-order valence-electron chi connectivity index (χ3n) is 13.3. The quantitative estimate of drug-likeness (QED) is 0.124. The van der Waals surface area contributed by atoms with Gasteiger partial charge in [-0.1, -0.05) is 35.6 Å². The third kappa shape index (κ3) is 6.61. The molecule has 2 aliphatic heterocycles. The third-order valence-corrected chi connectivity index (χ3v) is 14.4. The second-order valence-corrected chi connectivity index (χ2v) is 18.5. The summed E-state index contributed by atoms with van der Waals surface area (Å²) in [6, 6.07) is 16.6. The molecule has 0 radical (unpaired) electrons. The van der Waals surface area contributed by atoms with Gasteiger partial charge in [0.15, 0.2) is 16.5 Å². The number of amides is 2. The number of alkyl halides is 5. The number of halogens is 7. The summed E-state index contributed by atoms with van der Waals surface area (Å²) in [4.78, 5) is 49.7. The molecule has 65 heavy (non-hydrogen) atoms. The zero-order chi connectivity index (χ0) is 44.7. The number of hydrogen-bond acceptors (Lipinski definition) is 9. The average molecular weight is 913 g/mol. The number of fused-ring (bicyclic) bond motifs is 7. The first kappa shape index (κ1) is 40.0. The normalized spacial score (nSPS) is 20.6. The number of hydrogen-bond donors (Lipinski definition) is 3. The number of pyridine rings is 1. The van der Waals surface area contributed by atoms with Crippen LogP contribution in [0.5, 0.6) is 0 Å². The first-order valence-electron chi connectivity index (χ1n) is 21.2. The van der Waals surface area contributed by atoms with E-state index in [0.717, 1.165) is 47.5 Å². The Labute approximate surface area is 367 Å². The lowest BCUT2D eigenvalue weighted by molar-refractivity contribution is -0.142. The number of rotatable bonds is 9. The number of aromatic nitrogens is 6. The van der Waals surface area contributed by atoms with Crippen LogP contribution < -0.4 is 20.4 Å². The summed E-state index contributed by atoms with van der Waals surface area (Å²) in [5.41, 5.74) is 1.19. The molecule has 1 unspecified atom stereocenters. The van der Waals surface area contributed by atoms with Crippen LogP contribution >= 0.6 is 11.3 Å². The molecular weight excluding hydrogens is 878 g/mol. The fourth-order valence-corrected chi connectivity index (χ4v) is 11.0. The molecule has 2 saturated carbocycles. The summed E-state index contributed by atoms with van der Waals surface area (Å²) in [5, 5.41) is 10.0. The standard InChI is InChI=1S/C45H35F7N10O2S/c46-23-13-21(14-24(47)17-23)15-32(53-34(63)20-62-38-35(37(59-62)45(50,51)52)26-18-29(26)44(38,48)49)36-25(22-5-6-28-27(16-22)40(64)58-43(28)7-8-43)19-33-39(56-36)57-42(65-33)61-11-9-60(10-12-61)41-54-30-3-1-2-4-31(30)55-41/h1-6,13-14,16-17,19,26,29,32H,7-12,15,18,20H2,(H,53,63)(H,54,55)(H,58,64)/t26?,29-,32+/m1/s1. The van der Waals surface area contributed by atoms with Crippen LogP contribution in [0.15, 0.2) is 66.7 Å². The van der Waals surface area contributed by atoms with Crippen molar-refractivity contribution in [2.45, 2.75) is 61.8 Å². The van der Waals surface area contributed by atoms with Gasteiger partial charge in [-0.15, -0.1) is 0 Å². The Balaban J connectivity index is 0.928. The molecule has 3 fully saturated rings. The van der Waals surface area contributed by atoms with Crippen molar-refractivity contribution in [2.24, 2.45) is 5.92 Å². The summed E-state index contributed by atoms with van der Waals surface area (Å²) in [7, 11) is 0. The molecular formula is C45H35F7N10O2S. The number of nitrogens with one attached hydrogen (secondary N) is 3. The molecule has 3 N–H and O–H groups in total. The second-order valence-electron chi connectivity index (χ2n) is 17.5. The summed E-state index contributed by atoms with van der Waals surface area (Å²) < 4.78 is 104. The topological polar surface area (TPSA) is 137 Å². The SMILES string of the molecule is O=C(Cn1nc(C(F)(F)F)c2c1C(F)(F)[C@@H]1CC21)N[C@@H](Cc1cc(F)cc(F)c1)c1nc2nc(N3CCN(c4nc5ccccc5[nH]4)CC3)sc2cc1-c1ccc2c(c1)C(=O)NC21CC1. The van der Waals surface area contributed by atoms with Gasteiger partial charge in [0.05, 0.1) is 33.0 Å². The van der Waals surface area contributed by atoms with Gasteiger partial charge in [0.2, 0.25) is 11.9 Å². The molecule has 4 aromatic heterocycles. The van der Waals surface area contributed by atoms with E-state index in [-0.39, 0.29) is 35.7 Å². The predicted molar refractivity (Wildman–Crippen MR) is 225 cm³/mol. The molecule has 7 aromatic rings. The highest BCUT2D eigenvalue weighted by atomic mass is 32.1. The Morgan fingerprint density at radius 2 is 1.68 bits per heavy atom. The smallest absolute Gasteiger partial charge is 0.346 e. The lowest BCUT2D eigenvalue weighted by Crippen LogP contribution is -2.46. The molecule has 2 amide bonds. The largest absolute Gasteiger partial charge is 0.435 e. The average Bonchev–Trinajstić information content (AvgIpc) is 3.99. The molecule has 3 aromatic carbocycles. The van der Waals surface area contributed by atoms with Gasteiger partial charge in [-0.3, -0.25) is 14.3 Å². The summed E-state index contributed by atoms with van der Waals surface area (Å²) >= 11 is 1.38. The molecule has 3 atom stereocenters. The summed E-state index contributed by atoms with van der Waals surface area (Å²) in [6.07, 6.45) is -3.87. The van der Waals surface area contributed by atoms with Crippen LogP contribution in [-0.2, 0) is 35.4 Å². The molecule has 1 spiro atoms. The molecule has 3 aliphatic carbocycles. The van der Waals surface area contributed by atoms with Crippen molar-refractivity contribution in [3.05, 3.63) is 118 Å². The van der Waals surface area contributed by atoms with Crippen LogP contribution in [0.1, 0.15) is 75.4 Å². The Bertz CT molecular complexity index is 3100. The van der Waals surface area contributed by atoms with E-state index in [4.69, 9.17) is 15.0 Å². The predicted octanol–water partition coefficient (Wildman–Crippen LogP) is 8.10. The minimum Gasteiger partial charge on any atom is -0.346 e. The van der Waals surface area contributed by atoms with Crippen LogP contribution in [0.2, 0.25) is 0 Å². The zero-order valence-corrected chi connectivity index (χ0v) is 34.8. The Hall–Kier alpha value is -6.57. The maximum atomic E-state index is 15.5. The summed E-state index contributed by atoms with van der Waals surface area (Å²) in [6.45, 7) is 1.44. The van der Waals surface area contributed by atoms with Crippen molar-refractivity contribution < 1.29 is 40.3 Å². The molecule has 12 rings (SSSR count). The minimum absolute atomic E-state index is 0.0944. The lowest BCUT2D eigenvalue weighted by atomic mass is 9.92. The van der Waals surface area contributed by atoms with Gasteiger partial charge < -0.3 is 25.4 Å². The van der Waals surface area contributed by atoms with Crippen molar-refractivity contribution in [1.82, 2.24) is 40.3 Å². The molecule has 20 heteroatoms. The molecule has 12 nitrogen and oxygen atoms in total. The van der Waals surface area contributed by atoms with Gasteiger partial charge in [0, 0.05) is 54.9 Å². The van der Waals surface area contributed by atoms with Gasteiger partial charge in [0.25, 0.3) is 11.8 Å². The highest BCUT2D eigenvalue weighted by Gasteiger charge is 2.68. The number of imidazole rings is 1. The van der Waals surface area contributed by atoms with Gasteiger partial charge >= 0.3 is 6.18 Å². The number of aromatic amines is 1. The second kappa shape index (κ2) is 14.0. The van der Waals surface area contributed by atoms with Crippen LogP contribution in [0.3, 0.4) is 0 Å². The van der Waals surface area contributed by atoms with Gasteiger partial charge in [0.1, 0.15) is 23.9 Å². The van der Waals surface area contributed by atoms with Crippen molar-refractivity contribution in [3.8, 4) is 11.1 Å². The van der Waals surface area contributed by atoms with Gasteiger partial charge in [-0.05, 0) is 84.7 Å². The zero-order valence-electron chi connectivity index (χ0n) is 33.9. The molecule has 6 heterocycles. The maximum Gasteiger partial charge on any atom is 0.435 e. The van der Waals surface area contributed by atoms with Crippen LogP contribution in [0.25, 0.3) is 32.5 Å². The van der Waals surface area contributed by atoms with E-state index in [1.807, 2.05) is 42.5 Å². The van der Waals surface area contributed by atoms with Gasteiger partial charge in [-0.25, -0.2) is 18.7 Å². The van der Waals surface area contributed by atoms with E-state index < -0.39 is 76.6 Å². The van der Waals surface area contributed by atoms with Crippen molar-refractivity contribution in [3.63, 3.8) is 0 Å². The van der Waals surface area contributed by atoms with E-state index in [2.05, 4.69) is 30.5 Å². The number of para-hydroxylation sites is 2. The van der Waals surface area contributed by atoms with Crippen molar-refractivity contribution >= 4 is 55.6 Å². The highest BCUT2D eigenvalue weighted by Crippen LogP contribution is 2.68. The number of piperazine rings is 1. The Morgan fingerprint density at radius 3 is 2.42 bits per heavy atom. The van der Waals surface area contributed by atoms with Gasteiger partial charge in [-0.2, -0.15) is 32.0 Å². The first-order chi connectivity index (χ1) is 31.1. The number of nitrogens with zero attached hydrogens (tertiary/aromatic N) is 7. The monoisotopic (exact) mass is 912 g/mol. The van der Waals surface area contributed by atoms with Crippen molar-refractivity contribution in [2.75, 3.05) is 36.0 Å². The first-order valence-corrected chi connectivity index (χ1v) is 22.0.